The highest BCUT2D eigenvalue weighted by Crippen LogP contribution is 2.35. The highest BCUT2D eigenvalue weighted by atomic mass is 35.5. The molecule has 0 radical (unpaired) electrons. The third-order valence-corrected chi connectivity index (χ3v) is 5.37. The molecular formula is C9H7Cl2NO4S2. The molecule has 0 aromatic carbocycles. The molecule has 0 saturated carbocycles. The maximum Gasteiger partial charge on any atom is 0.318 e. The van der Waals surface area contributed by atoms with Crippen molar-refractivity contribution in [3.05, 3.63) is 14.7 Å². The van der Waals surface area contributed by atoms with Crippen molar-refractivity contribution in [3.8, 4) is 12.3 Å². The normalized spacial score (nSPS) is 11.4. The van der Waals surface area contributed by atoms with Crippen LogP contribution in [-0.2, 0) is 14.8 Å². The van der Waals surface area contributed by atoms with E-state index in [0.717, 1.165) is 17.4 Å². The summed E-state index contributed by atoms with van der Waals surface area (Å²) in [5.41, 5.74) is 0. The summed E-state index contributed by atoms with van der Waals surface area (Å²) in [6, 6.07) is 1.16. The second kappa shape index (κ2) is 5.91. The van der Waals surface area contributed by atoms with Gasteiger partial charge in [0.05, 0.1) is 10.9 Å². The van der Waals surface area contributed by atoms with Crippen LogP contribution in [0.15, 0.2) is 11.0 Å². The van der Waals surface area contributed by atoms with E-state index in [1.165, 1.54) is 0 Å². The van der Waals surface area contributed by atoms with E-state index in [4.69, 9.17) is 34.7 Å². The van der Waals surface area contributed by atoms with Crippen LogP contribution >= 0.6 is 34.5 Å². The third kappa shape index (κ3) is 3.37. The van der Waals surface area contributed by atoms with E-state index in [9.17, 15) is 13.2 Å². The van der Waals surface area contributed by atoms with Crippen LogP contribution in [0, 0.1) is 12.3 Å². The molecule has 0 aliphatic heterocycles. The Hall–Kier alpha value is -0.780. The van der Waals surface area contributed by atoms with Crippen molar-refractivity contribution in [2.45, 2.75) is 4.90 Å². The molecule has 0 amide bonds. The molecule has 0 saturated heterocycles. The SMILES string of the molecule is C#CCN(CC(=O)O)S(=O)(=O)c1cc(Cl)sc1Cl. The summed E-state index contributed by atoms with van der Waals surface area (Å²) in [5, 5.41) is 8.66. The molecule has 5 nitrogen and oxygen atoms in total. The lowest BCUT2D eigenvalue weighted by Gasteiger charge is -2.16. The first-order valence-corrected chi connectivity index (χ1v) is 7.40. The molecule has 0 atom stereocenters. The summed E-state index contributed by atoms with van der Waals surface area (Å²) in [6.07, 6.45) is 5.02. The summed E-state index contributed by atoms with van der Waals surface area (Å²) in [5.74, 6) is 0.772. The Bertz CT molecular complexity index is 603. The number of nitrogens with zero attached hydrogens (tertiary/aromatic N) is 1. The summed E-state index contributed by atoms with van der Waals surface area (Å²) in [6.45, 7) is -1.10. The van der Waals surface area contributed by atoms with Gasteiger partial charge in [-0.05, 0) is 6.07 Å². The number of thiophene rings is 1. The molecule has 1 aromatic heterocycles. The Morgan fingerprint density at radius 2 is 2.17 bits per heavy atom. The van der Waals surface area contributed by atoms with Gasteiger partial charge in [-0.1, -0.05) is 29.1 Å². The van der Waals surface area contributed by atoms with E-state index in [1.807, 2.05) is 0 Å². The predicted octanol–water partition coefficient (Wildman–Crippen LogP) is 1.76. The standard InChI is InChI=1S/C9H7Cl2NO4S2/c1-2-3-12(5-8(13)14)18(15,16)6-4-7(10)17-9(6)11/h1,4H,3,5H2,(H,13,14). The molecule has 0 unspecified atom stereocenters. The van der Waals surface area contributed by atoms with Gasteiger partial charge in [-0.2, -0.15) is 4.31 Å². The summed E-state index contributed by atoms with van der Waals surface area (Å²) >= 11 is 12.3. The average Bonchev–Trinajstić information content (AvgIpc) is 2.57. The zero-order valence-corrected chi connectivity index (χ0v) is 11.9. The summed E-state index contributed by atoms with van der Waals surface area (Å²) < 4.78 is 25.0. The molecule has 98 valence electrons. The van der Waals surface area contributed by atoms with Gasteiger partial charge in [0.2, 0.25) is 10.0 Å². The first-order valence-electron chi connectivity index (χ1n) is 4.39. The van der Waals surface area contributed by atoms with Crippen molar-refractivity contribution in [1.82, 2.24) is 4.31 Å². The fourth-order valence-electron chi connectivity index (χ4n) is 1.12. The monoisotopic (exact) mass is 327 g/mol. The largest absolute Gasteiger partial charge is 0.480 e. The fraction of sp³-hybridized carbons (Fsp3) is 0.222. The highest BCUT2D eigenvalue weighted by molar-refractivity contribution is 7.89. The summed E-state index contributed by atoms with van der Waals surface area (Å²) in [7, 11) is -4.06. The van der Waals surface area contributed by atoms with Crippen molar-refractivity contribution in [2.75, 3.05) is 13.1 Å². The molecule has 0 spiro atoms. The van der Waals surface area contributed by atoms with Crippen molar-refractivity contribution in [3.63, 3.8) is 0 Å². The Morgan fingerprint density at radius 1 is 1.56 bits per heavy atom. The average molecular weight is 328 g/mol. The first kappa shape index (κ1) is 15.3. The predicted molar refractivity (Wildman–Crippen MR) is 69.6 cm³/mol. The van der Waals surface area contributed by atoms with E-state index >= 15 is 0 Å². The minimum atomic E-state index is -4.06. The second-order valence-corrected chi connectivity index (χ2v) is 7.25. The van der Waals surface area contributed by atoms with Gasteiger partial charge >= 0.3 is 5.97 Å². The quantitative estimate of drug-likeness (QED) is 0.836. The van der Waals surface area contributed by atoms with Gasteiger partial charge in [0.15, 0.2) is 0 Å². The molecule has 18 heavy (non-hydrogen) atoms. The van der Waals surface area contributed by atoms with Crippen molar-refractivity contribution >= 4 is 50.5 Å². The molecule has 1 heterocycles. The number of halogens is 2. The molecule has 1 aromatic rings. The summed E-state index contributed by atoms with van der Waals surface area (Å²) in [4.78, 5) is 10.4. The highest BCUT2D eigenvalue weighted by Gasteiger charge is 2.29. The topological polar surface area (TPSA) is 74.7 Å². The lowest BCUT2D eigenvalue weighted by molar-refractivity contribution is -0.137. The van der Waals surface area contributed by atoms with E-state index in [-0.39, 0.29) is 20.1 Å². The van der Waals surface area contributed by atoms with Crippen molar-refractivity contribution < 1.29 is 18.3 Å². The van der Waals surface area contributed by atoms with Gasteiger partial charge in [-0.3, -0.25) is 4.79 Å². The fourth-order valence-corrected chi connectivity index (χ4v) is 4.53. The van der Waals surface area contributed by atoms with Gasteiger partial charge in [-0.25, -0.2) is 8.42 Å². The van der Waals surface area contributed by atoms with Crippen LogP contribution in [0.2, 0.25) is 8.67 Å². The third-order valence-electron chi connectivity index (χ3n) is 1.82. The number of hydrogen-bond donors (Lipinski definition) is 1. The molecule has 0 aliphatic carbocycles. The Morgan fingerprint density at radius 3 is 2.56 bits per heavy atom. The molecule has 0 bridgehead atoms. The molecular weight excluding hydrogens is 321 g/mol. The van der Waals surface area contributed by atoms with Gasteiger partial charge in [0.25, 0.3) is 0 Å². The van der Waals surface area contributed by atoms with E-state index in [0.29, 0.717) is 4.31 Å². The minimum absolute atomic E-state index is 0.0348. The zero-order chi connectivity index (χ0) is 13.9. The molecule has 9 heteroatoms. The minimum Gasteiger partial charge on any atom is -0.480 e. The van der Waals surface area contributed by atoms with E-state index in [1.54, 1.807) is 0 Å². The number of carbonyl (C=O) groups is 1. The second-order valence-electron chi connectivity index (χ2n) is 3.06. The van der Waals surface area contributed by atoms with Crippen molar-refractivity contribution in [1.29, 1.82) is 0 Å². The number of carboxylic acid groups (broad SMARTS) is 1. The van der Waals surface area contributed by atoms with Gasteiger partial charge < -0.3 is 5.11 Å². The lowest BCUT2D eigenvalue weighted by atomic mass is 10.6. The lowest BCUT2D eigenvalue weighted by Crippen LogP contribution is -2.35. The maximum atomic E-state index is 12.1. The Balaban J connectivity index is 3.21. The van der Waals surface area contributed by atoms with Crippen LogP contribution in [0.5, 0.6) is 0 Å². The Labute approximate surface area is 118 Å². The maximum absolute atomic E-state index is 12.1. The number of aliphatic carboxylic acids is 1. The van der Waals surface area contributed by atoms with Gasteiger partial charge in [0.1, 0.15) is 15.8 Å². The first-order chi connectivity index (χ1) is 8.28. The van der Waals surface area contributed by atoms with Crippen LogP contribution in [0.4, 0.5) is 0 Å². The van der Waals surface area contributed by atoms with Crippen molar-refractivity contribution in [2.24, 2.45) is 0 Å². The van der Waals surface area contributed by atoms with E-state index < -0.39 is 22.5 Å². The number of sulfonamides is 1. The number of carboxylic acids is 1. The number of rotatable bonds is 5. The number of terminal acetylenes is 1. The van der Waals surface area contributed by atoms with Crippen LogP contribution in [0.1, 0.15) is 0 Å². The number of hydrogen-bond acceptors (Lipinski definition) is 4. The van der Waals surface area contributed by atoms with Crippen LogP contribution in [0.25, 0.3) is 0 Å². The smallest absolute Gasteiger partial charge is 0.318 e. The molecule has 1 N–H and O–H groups in total. The van der Waals surface area contributed by atoms with Gasteiger partial charge in [-0.15, -0.1) is 17.8 Å². The Kier molecular flexibility index (Phi) is 5.01. The van der Waals surface area contributed by atoms with Gasteiger partial charge in [0, 0.05) is 0 Å². The van der Waals surface area contributed by atoms with Crippen LogP contribution in [0.3, 0.4) is 0 Å². The molecule has 0 aliphatic rings. The van der Waals surface area contributed by atoms with E-state index in [2.05, 4.69) is 5.92 Å². The van der Waals surface area contributed by atoms with Crippen LogP contribution < -0.4 is 0 Å². The molecule has 1 rings (SSSR count). The molecule has 0 fully saturated rings. The zero-order valence-electron chi connectivity index (χ0n) is 8.76. The van der Waals surface area contributed by atoms with Crippen LogP contribution in [-0.4, -0.2) is 36.9 Å².